The predicted molar refractivity (Wildman–Crippen MR) is 128 cm³/mol. The van der Waals surface area contributed by atoms with E-state index in [1.807, 2.05) is 0 Å². The van der Waals surface area contributed by atoms with Gasteiger partial charge in [-0.15, -0.1) is 0 Å². The number of halogens is 1. The lowest BCUT2D eigenvalue weighted by atomic mass is 9.88. The normalized spacial score (nSPS) is 23.4. The fourth-order valence-corrected chi connectivity index (χ4v) is 4.63. The monoisotopic (exact) mass is 474 g/mol. The number of methoxy groups -OCH3 is 1. The van der Waals surface area contributed by atoms with E-state index in [0.717, 1.165) is 51.5 Å². The molecule has 2 aliphatic rings. The van der Waals surface area contributed by atoms with Crippen molar-refractivity contribution in [3.8, 4) is 11.8 Å². The first-order valence-electron chi connectivity index (χ1n) is 12.2. The lowest BCUT2D eigenvalue weighted by Gasteiger charge is -2.25. The summed E-state index contributed by atoms with van der Waals surface area (Å²) in [5.74, 6) is 0.732. The van der Waals surface area contributed by atoms with Gasteiger partial charge >= 0.3 is 6.01 Å². The molecule has 1 saturated carbocycles. The number of aromatic nitrogens is 3. The topological polar surface area (TPSA) is 113 Å². The van der Waals surface area contributed by atoms with Crippen molar-refractivity contribution in [3.05, 3.63) is 24.0 Å². The Hall–Kier alpha value is -2.72. The number of aliphatic hydroxyl groups excluding tert-OH is 1. The van der Waals surface area contributed by atoms with Crippen molar-refractivity contribution in [2.45, 2.75) is 70.1 Å². The molecule has 4 N–H and O–H groups in total. The van der Waals surface area contributed by atoms with E-state index in [-0.39, 0.29) is 29.9 Å². The molecule has 1 saturated heterocycles. The molecule has 1 aliphatic heterocycles. The summed E-state index contributed by atoms with van der Waals surface area (Å²) in [6, 6.07) is 5.32. The van der Waals surface area contributed by atoms with Crippen molar-refractivity contribution in [3.63, 3.8) is 0 Å². The number of nitrogens with zero attached hydrogens (tertiary/aromatic N) is 3. The largest absolute Gasteiger partial charge is 0.494 e. The number of anilines is 3. The molecule has 1 aliphatic carbocycles. The van der Waals surface area contributed by atoms with Crippen LogP contribution in [0.2, 0.25) is 0 Å². The molecule has 1 aromatic heterocycles. The van der Waals surface area contributed by atoms with Gasteiger partial charge in [-0.25, -0.2) is 4.39 Å². The fraction of sp³-hybridized carbons (Fsp3) is 0.625. The first-order valence-corrected chi connectivity index (χ1v) is 12.2. The highest BCUT2D eigenvalue weighted by Gasteiger charge is 2.25. The molecule has 4 rings (SSSR count). The maximum absolute atomic E-state index is 14.2. The second-order valence-corrected chi connectivity index (χ2v) is 9.09. The van der Waals surface area contributed by atoms with Crippen molar-refractivity contribution in [2.75, 3.05) is 30.9 Å². The number of aliphatic hydroxyl groups is 1. The molecule has 0 spiro atoms. The quantitative estimate of drug-likeness (QED) is 0.410. The van der Waals surface area contributed by atoms with E-state index in [1.54, 1.807) is 12.1 Å². The minimum Gasteiger partial charge on any atom is -0.494 e. The molecule has 2 atom stereocenters. The first kappa shape index (κ1) is 24.4. The molecule has 0 amide bonds. The number of ether oxygens (including phenoxy) is 2. The summed E-state index contributed by atoms with van der Waals surface area (Å²) >= 11 is 0. The highest BCUT2D eigenvalue weighted by molar-refractivity contribution is 5.56. The van der Waals surface area contributed by atoms with Crippen molar-refractivity contribution in [2.24, 2.45) is 5.92 Å². The average molecular weight is 475 g/mol. The summed E-state index contributed by atoms with van der Waals surface area (Å²) in [4.78, 5) is 13.5. The van der Waals surface area contributed by atoms with Gasteiger partial charge in [-0.2, -0.15) is 15.0 Å². The van der Waals surface area contributed by atoms with Gasteiger partial charge in [0, 0.05) is 23.8 Å². The Kier molecular flexibility index (Phi) is 8.34. The molecule has 10 heteroatoms. The maximum atomic E-state index is 14.2. The molecule has 186 valence electrons. The van der Waals surface area contributed by atoms with Crippen LogP contribution in [-0.4, -0.2) is 58.5 Å². The molecule has 0 radical (unpaired) electrons. The first-order chi connectivity index (χ1) is 16.5. The Morgan fingerprint density at radius 3 is 2.62 bits per heavy atom. The van der Waals surface area contributed by atoms with E-state index >= 15 is 0 Å². The summed E-state index contributed by atoms with van der Waals surface area (Å²) in [5, 5.41) is 19.8. The van der Waals surface area contributed by atoms with Crippen LogP contribution >= 0.6 is 0 Å². The Balaban J connectivity index is 1.51. The van der Waals surface area contributed by atoms with Crippen molar-refractivity contribution >= 4 is 17.6 Å². The van der Waals surface area contributed by atoms with Gasteiger partial charge in [0.05, 0.1) is 19.8 Å². The summed E-state index contributed by atoms with van der Waals surface area (Å²) in [6.45, 7) is 3.63. The van der Waals surface area contributed by atoms with Crippen LogP contribution in [-0.2, 0) is 0 Å². The number of benzene rings is 1. The maximum Gasteiger partial charge on any atom is 0.323 e. The van der Waals surface area contributed by atoms with E-state index < -0.39 is 5.82 Å². The molecule has 2 aromatic rings. The lowest BCUT2D eigenvalue weighted by molar-refractivity contribution is 0.0899. The third-order valence-corrected chi connectivity index (χ3v) is 6.63. The fourth-order valence-electron chi connectivity index (χ4n) is 4.63. The lowest BCUT2D eigenvalue weighted by Crippen LogP contribution is -2.40. The third kappa shape index (κ3) is 6.44. The van der Waals surface area contributed by atoms with Crippen molar-refractivity contribution in [1.29, 1.82) is 0 Å². The van der Waals surface area contributed by atoms with Crippen molar-refractivity contribution in [1.82, 2.24) is 20.3 Å². The van der Waals surface area contributed by atoms with Crippen LogP contribution in [0.15, 0.2) is 18.2 Å². The average Bonchev–Trinajstić information content (AvgIpc) is 3.37. The minimum atomic E-state index is -0.478. The molecule has 2 heterocycles. The third-order valence-electron chi connectivity index (χ3n) is 6.63. The molecule has 2 fully saturated rings. The van der Waals surface area contributed by atoms with Crippen LogP contribution in [0.25, 0.3) is 0 Å². The molecular formula is C24H35FN6O3. The molecule has 34 heavy (non-hydrogen) atoms. The van der Waals surface area contributed by atoms with E-state index in [4.69, 9.17) is 9.47 Å². The van der Waals surface area contributed by atoms with Crippen LogP contribution in [0.5, 0.6) is 11.8 Å². The van der Waals surface area contributed by atoms with Crippen LogP contribution in [0.4, 0.5) is 22.0 Å². The van der Waals surface area contributed by atoms with Crippen LogP contribution in [0.3, 0.4) is 0 Å². The summed E-state index contributed by atoms with van der Waals surface area (Å²) < 4.78 is 25.1. The SMILES string of the molecule is CCC(Nc1nc(Nc2ccc(OC)c(F)c2)nc(OCC2CCC(O)CC2)n1)C1CCCN1. The second-order valence-electron chi connectivity index (χ2n) is 9.09. The predicted octanol–water partition coefficient (Wildman–Crippen LogP) is 3.64. The van der Waals surface area contributed by atoms with Gasteiger partial charge in [-0.3, -0.25) is 0 Å². The number of nitrogens with one attached hydrogen (secondary N) is 3. The summed E-state index contributed by atoms with van der Waals surface area (Å²) in [5.41, 5.74) is 0.493. The molecule has 9 nitrogen and oxygen atoms in total. The molecule has 0 bridgehead atoms. The van der Waals surface area contributed by atoms with Gasteiger partial charge in [0.1, 0.15) is 0 Å². The summed E-state index contributed by atoms with van der Waals surface area (Å²) in [7, 11) is 1.43. The van der Waals surface area contributed by atoms with Gasteiger partial charge in [0.15, 0.2) is 11.6 Å². The van der Waals surface area contributed by atoms with Crippen LogP contribution in [0.1, 0.15) is 51.9 Å². The smallest absolute Gasteiger partial charge is 0.323 e. The van der Waals surface area contributed by atoms with Gasteiger partial charge in [-0.1, -0.05) is 6.92 Å². The molecular weight excluding hydrogens is 439 g/mol. The Labute approximate surface area is 199 Å². The number of hydrogen-bond donors (Lipinski definition) is 4. The van der Waals surface area contributed by atoms with E-state index in [2.05, 4.69) is 37.8 Å². The number of rotatable bonds is 10. The highest BCUT2D eigenvalue weighted by atomic mass is 19.1. The number of hydrogen-bond acceptors (Lipinski definition) is 9. The highest BCUT2D eigenvalue weighted by Crippen LogP contribution is 2.26. The van der Waals surface area contributed by atoms with E-state index in [1.165, 1.54) is 13.2 Å². The van der Waals surface area contributed by atoms with Gasteiger partial charge in [-0.05, 0) is 69.5 Å². The zero-order valence-corrected chi connectivity index (χ0v) is 19.9. The zero-order valence-electron chi connectivity index (χ0n) is 19.9. The van der Waals surface area contributed by atoms with Gasteiger partial charge in [0.25, 0.3) is 0 Å². The van der Waals surface area contributed by atoms with Gasteiger partial charge < -0.3 is 30.5 Å². The molecule has 1 aromatic carbocycles. The Morgan fingerprint density at radius 2 is 1.94 bits per heavy atom. The standard InChI is InChI=1S/C24H35FN6O3/c1-3-19(20-5-4-12-26-20)28-23-29-22(27-16-8-11-21(33-2)18(25)13-16)30-24(31-23)34-14-15-6-9-17(32)10-7-15/h8,11,13,15,17,19-20,26,32H,3-7,9-10,12,14H2,1-2H3,(H2,27,28,29,30,31). The van der Waals surface area contributed by atoms with E-state index in [9.17, 15) is 9.50 Å². The Bertz CT molecular complexity index is 935. The zero-order chi connectivity index (χ0) is 23.9. The minimum absolute atomic E-state index is 0.167. The summed E-state index contributed by atoms with van der Waals surface area (Å²) in [6.07, 6.45) is 6.37. The van der Waals surface area contributed by atoms with Gasteiger partial charge in [0.2, 0.25) is 11.9 Å². The molecule has 2 unspecified atom stereocenters. The van der Waals surface area contributed by atoms with E-state index in [0.29, 0.717) is 30.2 Å². The second kappa shape index (κ2) is 11.6. The Morgan fingerprint density at radius 1 is 1.15 bits per heavy atom. The van der Waals surface area contributed by atoms with Crippen molar-refractivity contribution < 1.29 is 19.0 Å². The van der Waals surface area contributed by atoms with Crippen LogP contribution < -0.4 is 25.4 Å². The van der Waals surface area contributed by atoms with Crippen LogP contribution in [0, 0.1) is 11.7 Å².